The summed E-state index contributed by atoms with van der Waals surface area (Å²) in [5, 5.41) is 17.6. The number of fused-ring (bicyclic) bond motifs is 1. The lowest BCUT2D eigenvalue weighted by Gasteiger charge is -2.35. The molecule has 3 aromatic rings. The molecule has 1 saturated carbocycles. The van der Waals surface area contributed by atoms with Gasteiger partial charge in [0.15, 0.2) is 5.13 Å². The number of piperidine rings is 1. The van der Waals surface area contributed by atoms with Crippen molar-refractivity contribution in [1.29, 1.82) is 0 Å². The fraction of sp³-hybridized carbons (Fsp3) is 0.513. The topological polar surface area (TPSA) is 184 Å². The monoisotopic (exact) mass is 758 g/mol. The van der Waals surface area contributed by atoms with E-state index in [1.165, 1.54) is 16.2 Å². The number of aromatic nitrogens is 2. The number of nitrogens with zero attached hydrogens (tertiary/aromatic N) is 3. The number of ether oxygens (including phenoxy) is 1. The van der Waals surface area contributed by atoms with Gasteiger partial charge in [-0.05, 0) is 81.0 Å². The zero-order valence-electron chi connectivity index (χ0n) is 30.6. The largest absolute Gasteiger partial charge is 0.381 e. The van der Waals surface area contributed by atoms with Crippen molar-refractivity contribution in [3.63, 3.8) is 0 Å². The van der Waals surface area contributed by atoms with Gasteiger partial charge in [0.2, 0.25) is 23.6 Å². The first kappa shape index (κ1) is 39.0. The van der Waals surface area contributed by atoms with Crippen LogP contribution in [0.1, 0.15) is 92.2 Å². The maximum Gasteiger partial charge on any atom is 0.255 e. The molecule has 288 valence electrons. The Kier molecular flexibility index (Phi) is 13.7. The number of unbranched alkanes of at least 4 members (excludes halogenated alkanes) is 1. The van der Waals surface area contributed by atoms with Crippen LogP contribution in [-0.4, -0.2) is 83.3 Å². The third-order valence-electron chi connectivity index (χ3n) is 10.3. The summed E-state index contributed by atoms with van der Waals surface area (Å²) >= 11 is 1.52. The number of thiazole rings is 1. The van der Waals surface area contributed by atoms with Gasteiger partial charge in [-0.25, -0.2) is 9.97 Å². The maximum absolute atomic E-state index is 13.5. The lowest BCUT2D eigenvalue weighted by Crippen LogP contribution is -2.52. The summed E-state index contributed by atoms with van der Waals surface area (Å²) in [5.74, 6) is -0.288. The van der Waals surface area contributed by atoms with Crippen molar-refractivity contribution in [1.82, 2.24) is 30.8 Å². The van der Waals surface area contributed by atoms with Crippen molar-refractivity contribution in [3.05, 3.63) is 64.8 Å². The van der Waals surface area contributed by atoms with Crippen LogP contribution in [0.3, 0.4) is 0 Å². The van der Waals surface area contributed by atoms with Gasteiger partial charge in [-0.2, -0.15) is 0 Å². The Hall–Kier alpha value is -4.73. The number of carbonyl (C=O) groups is 5. The molecule has 1 unspecified atom stereocenters. The molecule has 1 saturated heterocycles. The molecule has 0 radical (unpaired) electrons. The van der Waals surface area contributed by atoms with Crippen molar-refractivity contribution in [2.75, 3.05) is 43.5 Å². The normalized spacial score (nSPS) is 17.9. The smallest absolute Gasteiger partial charge is 0.255 e. The maximum atomic E-state index is 13.5. The quantitative estimate of drug-likeness (QED) is 0.0865. The van der Waals surface area contributed by atoms with E-state index in [0.29, 0.717) is 56.8 Å². The van der Waals surface area contributed by atoms with Crippen molar-refractivity contribution < 1.29 is 28.7 Å². The van der Waals surface area contributed by atoms with Crippen LogP contribution in [0.5, 0.6) is 0 Å². The van der Waals surface area contributed by atoms with E-state index >= 15 is 0 Å². The SMILES string of the molecule is O=C1CCC(N2Cc3cc(NC(=O)CCNCCCOCCCCNC(=O)C4(Cc5cccc(Nc6nccs6)n5)CCCCC4)ccc3C2=O)C(=O)N1. The summed E-state index contributed by atoms with van der Waals surface area (Å²) in [6, 6.07) is 10.4. The fourth-order valence-corrected chi connectivity index (χ4v) is 7.96. The number of rotatable bonds is 19. The van der Waals surface area contributed by atoms with Crippen LogP contribution < -0.4 is 26.6 Å². The van der Waals surface area contributed by atoms with E-state index in [4.69, 9.17) is 9.72 Å². The number of hydrogen-bond acceptors (Lipinski definition) is 11. The Labute approximate surface area is 319 Å². The zero-order valence-corrected chi connectivity index (χ0v) is 31.4. The summed E-state index contributed by atoms with van der Waals surface area (Å²) in [6.45, 7) is 3.36. The highest BCUT2D eigenvalue weighted by molar-refractivity contribution is 7.13. The highest BCUT2D eigenvalue weighted by Gasteiger charge is 2.40. The number of nitrogens with one attached hydrogen (secondary N) is 5. The third-order valence-corrected chi connectivity index (χ3v) is 11.0. The summed E-state index contributed by atoms with van der Waals surface area (Å²) in [6.07, 6.45) is 10.7. The number of pyridine rings is 1. The predicted octanol–water partition coefficient (Wildman–Crippen LogP) is 4.46. The molecule has 14 nitrogen and oxygen atoms in total. The molecule has 0 spiro atoms. The van der Waals surface area contributed by atoms with Crippen LogP contribution in [0.25, 0.3) is 0 Å². The lowest BCUT2D eigenvalue weighted by molar-refractivity contribution is -0.137. The van der Waals surface area contributed by atoms with Crippen LogP contribution in [0, 0.1) is 5.41 Å². The number of hydrogen-bond donors (Lipinski definition) is 5. The highest BCUT2D eigenvalue weighted by Crippen LogP contribution is 2.39. The minimum atomic E-state index is -0.673. The summed E-state index contributed by atoms with van der Waals surface area (Å²) in [7, 11) is 0. The second-order valence-electron chi connectivity index (χ2n) is 14.2. The highest BCUT2D eigenvalue weighted by atomic mass is 32.1. The lowest BCUT2D eigenvalue weighted by atomic mass is 9.70. The van der Waals surface area contributed by atoms with Crippen LogP contribution >= 0.6 is 11.3 Å². The summed E-state index contributed by atoms with van der Waals surface area (Å²) < 4.78 is 5.80. The molecule has 1 atom stereocenters. The summed E-state index contributed by atoms with van der Waals surface area (Å²) in [5.41, 5.74) is 2.33. The Morgan fingerprint density at radius 1 is 1.00 bits per heavy atom. The first-order chi connectivity index (χ1) is 26.3. The van der Waals surface area contributed by atoms with Gasteiger partial charge in [0, 0.05) is 80.6 Å². The van der Waals surface area contributed by atoms with Crippen molar-refractivity contribution >= 4 is 57.5 Å². The minimum absolute atomic E-state index is 0.130. The minimum Gasteiger partial charge on any atom is -0.381 e. The number of anilines is 3. The fourth-order valence-electron chi connectivity index (χ4n) is 7.42. The molecule has 6 rings (SSSR count). The molecule has 54 heavy (non-hydrogen) atoms. The van der Waals surface area contributed by atoms with Gasteiger partial charge in [0.25, 0.3) is 5.91 Å². The number of amides is 5. The van der Waals surface area contributed by atoms with E-state index in [9.17, 15) is 24.0 Å². The summed E-state index contributed by atoms with van der Waals surface area (Å²) in [4.78, 5) is 73.3. The molecule has 5 amide bonds. The molecular weight excluding hydrogens is 709 g/mol. The van der Waals surface area contributed by atoms with Gasteiger partial charge in [0.1, 0.15) is 11.9 Å². The first-order valence-electron chi connectivity index (χ1n) is 19.1. The van der Waals surface area contributed by atoms with E-state index in [2.05, 4.69) is 31.6 Å². The molecule has 4 heterocycles. The number of imide groups is 1. The predicted molar refractivity (Wildman–Crippen MR) is 205 cm³/mol. The van der Waals surface area contributed by atoms with Crippen LogP contribution in [-0.2, 0) is 36.9 Å². The molecule has 2 fully saturated rings. The van der Waals surface area contributed by atoms with Gasteiger partial charge in [0.05, 0.1) is 5.41 Å². The molecular formula is C39H50N8O6S. The Balaban J connectivity index is 0.805. The van der Waals surface area contributed by atoms with E-state index in [1.54, 1.807) is 24.4 Å². The van der Waals surface area contributed by atoms with Crippen molar-refractivity contribution in [2.45, 2.75) is 89.6 Å². The van der Waals surface area contributed by atoms with Gasteiger partial charge in [-0.1, -0.05) is 25.3 Å². The molecule has 2 aliphatic heterocycles. The molecule has 1 aliphatic carbocycles. The van der Waals surface area contributed by atoms with E-state index < -0.39 is 17.4 Å². The molecule has 2 aromatic heterocycles. The standard InChI is InChI=1S/C39H50N8O6S/c48-33-13-12-31(35(50)46-33)47-26-27-24-28(10-11-30(27)36(47)51)44-34(49)14-19-40-17-7-22-53-21-5-4-18-41-37(52)39(15-2-1-3-16-39)25-29-8-6-9-32(43-29)45-38-42-20-23-54-38/h6,8-11,20,23-24,31,40H,1-5,7,12-19,21-22,25-26H2,(H,41,52)(H,44,49)(H,42,43,45)(H,46,48,50). The van der Waals surface area contributed by atoms with E-state index in [-0.39, 0.29) is 36.6 Å². The van der Waals surface area contributed by atoms with E-state index in [1.807, 2.05) is 23.6 Å². The van der Waals surface area contributed by atoms with E-state index in [0.717, 1.165) is 80.1 Å². The van der Waals surface area contributed by atoms with Crippen molar-refractivity contribution in [3.8, 4) is 0 Å². The third kappa shape index (κ3) is 10.5. The second-order valence-corrected chi connectivity index (χ2v) is 15.1. The Morgan fingerprint density at radius 2 is 1.85 bits per heavy atom. The van der Waals surface area contributed by atoms with Gasteiger partial charge in [-0.3, -0.25) is 29.3 Å². The molecule has 5 N–H and O–H groups in total. The number of carbonyl (C=O) groups excluding carboxylic acids is 5. The molecule has 15 heteroatoms. The zero-order chi connectivity index (χ0) is 37.8. The number of benzene rings is 1. The molecule has 1 aromatic carbocycles. The first-order valence-corrected chi connectivity index (χ1v) is 19.9. The van der Waals surface area contributed by atoms with Crippen molar-refractivity contribution in [2.24, 2.45) is 5.41 Å². The van der Waals surface area contributed by atoms with Crippen LogP contribution in [0.15, 0.2) is 48.0 Å². The van der Waals surface area contributed by atoms with Gasteiger partial charge in [-0.15, -0.1) is 11.3 Å². The van der Waals surface area contributed by atoms with Gasteiger partial charge < -0.3 is 30.9 Å². The van der Waals surface area contributed by atoms with Gasteiger partial charge >= 0.3 is 0 Å². The second kappa shape index (κ2) is 19.0. The van der Waals surface area contributed by atoms with Crippen LogP contribution in [0.4, 0.5) is 16.6 Å². The Morgan fingerprint density at radius 3 is 2.67 bits per heavy atom. The average Bonchev–Trinajstić information content (AvgIpc) is 3.79. The average molecular weight is 759 g/mol. The Bertz CT molecular complexity index is 1780. The molecule has 3 aliphatic rings. The van der Waals surface area contributed by atoms with Crippen LogP contribution in [0.2, 0.25) is 0 Å². The molecule has 0 bridgehead atoms.